The summed E-state index contributed by atoms with van der Waals surface area (Å²) >= 11 is 0. The number of carbonyl (C=O) groups excluding carboxylic acids is 1. The maximum Gasteiger partial charge on any atom is 0.233 e. The summed E-state index contributed by atoms with van der Waals surface area (Å²) in [6.07, 6.45) is 5.49. The molecule has 0 aliphatic heterocycles. The average molecular weight is 208 g/mol. The van der Waals surface area contributed by atoms with Gasteiger partial charge in [0.15, 0.2) is 0 Å². The molecule has 0 fully saturated rings. The molecular formula is C12H20N2O. The Balaban J connectivity index is 3.67. The van der Waals surface area contributed by atoms with Crippen LogP contribution in [0.3, 0.4) is 0 Å². The Labute approximate surface area is 91.7 Å². The van der Waals surface area contributed by atoms with E-state index in [1.54, 1.807) is 0 Å². The Bertz CT molecular complexity index is 267. The van der Waals surface area contributed by atoms with Crippen molar-refractivity contribution in [2.24, 2.45) is 5.73 Å². The predicted octanol–water partition coefficient (Wildman–Crippen LogP) is 1.53. The molecule has 0 aromatic carbocycles. The van der Waals surface area contributed by atoms with E-state index in [9.17, 15) is 4.79 Å². The Morgan fingerprint density at radius 2 is 2.20 bits per heavy atom. The van der Waals surface area contributed by atoms with Crippen LogP contribution in [0.2, 0.25) is 0 Å². The largest absolute Gasteiger partial charge is 0.355 e. The fourth-order valence-corrected chi connectivity index (χ4v) is 0.942. The van der Waals surface area contributed by atoms with Crippen molar-refractivity contribution in [1.82, 2.24) is 5.32 Å². The Morgan fingerprint density at radius 3 is 2.73 bits per heavy atom. The van der Waals surface area contributed by atoms with Gasteiger partial charge in [0.25, 0.3) is 0 Å². The molecule has 1 amide bonds. The first-order valence-electron chi connectivity index (χ1n) is 5.02. The van der Waals surface area contributed by atoms with E-state index >= 15 is 0 Å². The highest BCUT2D eigenvalue weighted by Crippen LogP contribution is 2.06. The lowest BCUT2D eigenvalue weighted by Gasteiger charge is -2.04. The summed E-state index contributed by atoms with van der Waals surface area (Å²) in [4.78, 5) is 10.8. The summed E-state index contributed by atoms with van der Waals surface area (Å²) in [5.74, 6) is -0.124. The third kappa shape index (κ3) is 7.70. The normalized spacial score (nSPS) is 10.9. The van der Waals surface area contributed by atoms with Crippen molar-refractivity contribution in [2.75, 3.05) is 13.1 Å². The van der Waals surface area contributed by atoms with E-state index in [4.69, 9.17) is 5.73 Å². The van der Waals surface area contributed by atoms with Crippen molar-refractivity contribution in [3.05, 3.63) is 36.5 Å². The van der Waals surface area contributed by atoms with Crippen molar-refractivity contribution >= 4 is 5.91 Å². The first-order valence-corrected chi connectivity index (χ1v) is 5.02. The number of hydrogen-bond acceptors (Lipinski definition) is 2. The van der Waals surface area contributed by atoms with Crippen molar-refractivity contribution in [2.45, 2.75) is 19.8 Å². The molecule has 0 aliphatic carbocycles. The summed E-state index contributed by atoms with van der Waals surface area (Å²) in [6.45, 7) is 10.2. The van der Waals surface area contributed by atoms with E-state index in [0.717, 1.165) is 24.0 Å². The van der Waals surface area contributed by atoms with Gasteiger partial charge >= 0.3 is 0 Å². The molecule has 3 N–H and O–H groups in total. The highest BCUT2D eigenvalue weighted by atomic mass is 16.1. The van der Waals surface area contributed by atoms with Crippen LogP contribution in [0.5, 0.6) is 0 Å². The Kier molecular flexibility index (Phi) is 7.28. The highest BCUT2D eigenvalue weighted by molar-refractivity contribution is 5.77. The van der Waals surface area contributed by atoms with Crippen LogP contribution in [0.25, 0.3) is 0 Å². The third-order valence-corrected chi connectivity index (χ3v) is 2.02. The molecular weight excluding hydrogens is 188 g/mol. The molecule has 3 nitrogen and oxygen atoms in total. The quantitative estimate of drug-likeness (QED) is 0.492. The summed E-state index contributed by atoms with van der Waals surface area (Å²) in [6, 6.07) is 0. The van der Waals surface area contributed by atoms with Crippen LogP contribution in [0.4, 0.5) is 0 Å². The van der Waals surface area contributed by atoms with E-state index < -0.39 is 0 Å². The summed E-state index contributed by atoms with van der Waals surface area (Å²) in [7, 11) is 0. The second-order valence-electron chi connectivity index (χ2n) is 3.41. The molecule has 0 atom stereocenters. The van der Waals surface area contributed by atoms with E-state index in [1.165, 1.54) is 0 Å². The molecule has 0 heterocycles. The monoisotopic (exact) mass is 208 g/mol. The molecule has 84 valence electrons. The van der Waals surface area contributed by atoms with Gasteiger partial charge in [0.1, 0.15) is 0 Å². The fraction of sp³-hybridized carbons (Fsp3) is 0.417. The second-order valence-corrected chi connectivity index (χ2v) is 3.41. The lowest BCUT2D eigenvalue weighted by molar-refractivity contribution is -0.119. The number of nitrogens with one attached hydrogen (secondary N) is 1. The van der Waals surface area contributed by atoms with E-state index in [1.807, 2.05) is 13.0 Å². The van der Waals surface area contributed by atoms with Crippen LogP contribution in [0, 0.1) is 0 Å². The van der Waals surface area contributed by atoms with Gasteiger partial charge in [-0.15, -0.1) is 0 Å². The molecule has 0 unspecified atom stereocenters. The van der Waals surface area contributed by atoms with Gasteiger partial charge in [0.2, 0.25) is 5.91 Å². The van der Waals surface area contributed by atoms with Gasteiger partial charge in [-0.2, -0.15) is 0 Å². The van der Waals surface area contributed by atoms with Crippen molar-refractivity contribution in [3.63, 3.8) is 0 Å². The van der Waals surface area contributed by atoms with Crippen molar-refractivity contribution in [3.8, 4) is 0 Å². The second kappa shape index (κ2) is 8.00. The molecule has 3 heteroatoms. The lowest BCUT2D eigenvalue weighted by Crippen LogP contribution is -2.31. The minimum Gasteiger partial charge on any atom is -0.355 e. The fourth-order valence-electron chi connectivity index (χ4n) is 0.942. The van der Waals surface area contributed by atoms with E-state index in [2.05, 4.69) is 24.6 Å². The molecule has 0 aromatic heterocycles. The van der Waals surface area contributed by atoms with Crippen LogP contribution in [0.15, 0.2) is 36.5 Å². The standard InChI is InChI=1S/C12H20N2O/c1-4-10(2)5-6-11(3)7-8-14-12(15)9-13/h4-5H,1,3,6-9,13H2,2H3,(H,14,15). The molecule has 0 bridgehead atoms. The van der Waals surface area contributed by atoms with Crippen LogP contribution in [-0.2, 0) is 4.79 Å². The van der Waals surface area contributed by atoms with E-state index in [-0.39, 0.29) is 12.5 Å². The molecule has 0 aromatic rings. The molecule has 0 radical (unpaired) electrons. The van der Waals surface area contributed by atoms with Gasteiger partial charge in [-0.25, -0.2) is 0 Å². The average Bonchev–Trinajstić information content (AvgIpc) is 2.25. The van der Waals surface area contributed by atoms with E-state index in [0.29, 0.717) is 6.54 Å². The molecule has 0 aliphatic rings. The number of nitrogens with two attached hydrogens (primary N) is 1. The number of carbonyl (C=O) groups is 1. The molecule has 0 rings (SSSR count). The topological polar surface area (TPSA) is 55.1 Å². The molecule has 0 spiro atoms. The minimum absolute atomic E-state index is 0.0436. The van der Waals surface area contributed by atoms with Crippen LogP contribution >= 0.6 is 0 Å². The number of rotatable bonds is 7. The summed E-state index contributed by atoms with van der Waals surface area (Å²) < 4.78 is 0. The maximum absolute atomic E-state index is 10.8. The van der Waals surface area contributed by atoms with Gasteiger partial charge in [-0.3, -0.25) is 4.79 Å². The van der Waals surface area contributed by atoms with Gasteiger partial charge in [0, 0.05) is 6.54 Å². The van der Waals surface area contributed by atoms with Gasteiger partial charge in [-0.1, -0.05) is 36.5 Å². The number of hydrogen-bond donors (Lipinski definition) is 2. The molecule has 0 saturated heterocycles. The first-order chi connectivity index (χ1) is 7.10. The maximum atomic E-state index is 10.8. The van der Waals surface area contributed by atoms with Crippen molar-refractivity contribution < 1.29 is 4.79 Å². The highest BCUT2D eigenvalue weighted by Gasteiger charge is 1.97. The Morgan fingerprint density at radius 1 is 1.53 bits per heavy atom. The van der Waals surface area contributed by atoms with Gasteiger partial charge in [0.05, 0.1) is 6.54 Å². The summed E-state index contributed by atoms with van der Waals surface area (Å²) in [5, 5.41) is 2.70. The lowest BCUT2D eigenvalue weighted by atomic mass is 10.1. The zero-order valence-electron chi connectivity index (χ0n) is 9.38. The van der Waals surface area contributed by atoms with Gasteiger partial charge in [-0.05, 0) is 19.8 Å². The third-order valence-electron chi connectivity index (χ3n) is 2.02. The van der Waals surface area contributed by atoms with Crippen LogP contribution < -0.4 is 11.1 Å². The molecule has 0 saturated carbocycles. The van der Waals surface area contributed by atoms with Crippen LogP contribution in [0.1, 0.15) is 19.8 Å². The predicted molar refractivity (Wildman–Crippen MR) is 64.4 cm³/mol. The van der Waals surface area contributed by atoms with Crippen LogP contribution in [-0.4, -0.2) is 19.0 Å². The SMILES string of the molecule is C=CC(C)=CCC(=C)CCNC(=O)CN. The zero-order valence-corrected chi connectivity index (χ0v) is 9.38. The minimum atomic E-state index is -0.124. The Hall–Kier alpha value is -1.35. The molecule has 15 heavy (non-hydrogen) atoms. The number of amides is 1. The van der Waals surface area contributed by atoms with Crippen molar-refractivity contribution in [1.29, 1.82) is 0 Å². The number of allylic oxidation sites excluding steroid dienone is 3. The van der Waals surface area contributed by atoms with Gasteiger partial charge < -0.3 is 11.1 Å². The smallest absolute Gasteiger partial charge is 0.233 e. The first kappa shape index (κ1) is 13.7. The summed E-state index contributed by atoms with van der Waals surface area (Å²) in [5.41, 5.74) is 7.38. The zero-order chi connectivity index (χ0) is 11.7.